The average molecular weight is 356 g/mol. The Bertz CT molecular complexity index is 915. The fraction of sp³-hybridized carbons (Fsp3) is 0.167. The molecule has 0 bridgehead atoms. The molecule has 0 atom stereocenters. The molecule has 1 amide bonds. The average Bonchev–Trinajstić information content (AvgIpc) is 2.60. The van der Waals surface area contributed by atoms with Gasteiger partial charge in [-0.2, -0.15) is 0 Å². The summed E-state index contributed by atoms with van der Waals surface area (Å²) in [5.41, 5.74) is 7.42. The number of hydrogen-bond donors (Lipinski definition) is 2. The first-order valence-corrected chi connectivity index (χ1v) is 8.24. The van der Waals surface area contributed by atoms with Crippen molar-refractivity contribution in [3.8, 4) is 0 Å². The van der Waals surface area contributed by atoms with E-state index in [0.29, 0.717) is 28.8 Å². The van der Waals surface area contributed by atoms with Gasteiger partial charge in [0.2, 0.25) is 0 Å². The lowest BCUT2D eigenvalue weighted by atomic mass is 10.1. The van der Waals surface area contributed by atoms with E-state index in [-0.39, 0.29) is 0 Å². The molecule has 0 aliphatic rings. The van der Waals surface area contributed by atoms with Gasteiger partial charge in [0.1, 0.15) is 6.33 Å². The number of carbonyl (C=O) groups excluding carboxylic acids is 1. The van der Waals surface area contributed by atoms with Gasteiger partial charge >= 0.3 is 0 Å². The molecule has 3 aromatic rings. The number of halogens is 1. The number of anilines is 1. The van der Waals surface area contributed by atoms with Crippen molar-refractivity contribution in [3.63, 3.8) is 0 Å². The number of aromatic nitrogens is 2. The Morgan fingerprint density at radius 1 is 1.16 bits per heavy atom. The van der Waals surface area contributed by atoms with Crippen molar-refractivity contribution in [3.05, 3.63) is 64.9 Å². The number of hydrogen-bond acceptors (Lipinski definition) is 5. The van der Waals surface area contributed by atoms with Crippen molar-refractivity contribution in [1.82, 2.24) is 9.97 Å². The highest BCUT2D eigenvalue weighted by Gasteiger charge is 2.13. The molecule has 2 aromatic carbocycles. The summed E-state index contributed by atoms with van der Waals surface area (Å²) >= 11 is 6.00. The van der Waals surface area contributed by atoms with E-state index < -0.39 is 5.91 Å². The highest BCUT2D eigenvalue weighted by molar-refractivity contribution is 6.30. The minimum absolute atomic E-state index is 0.355. The van der Waals surface area contributed by atoms with Crippen LogP contribution in [0.2, 0.25) is 5.02 Å². The van der Waals surface area contributed by atoms with Crippen LogP contribution in [0.5, 0.6) is 0 Å². The second kappa shape index (κ2) is 7.46. The molecule has 3 rings (SSSR count). The first kappa shape index (κ1) is 17.1. The van der Waals surface area contributed by atoms with Crippen LogP contribution in [0.3, 0.4) is 0 Å². The predicted molar refractivity (Wildman–Crippen MR) is 99.4 cm³/mol. The standard InChI is InChI=1S/C18H18ClN5O/c19-13-6-1-4-12(10-13)5-3-9-24(21)18-15-8-2-7-14(17(20)25)16(15)22-11-23-18/h1-2,4,6-8,10-11H,3,5,9,21H2,(H2,20,25). The molecule has 128 valence electrons. The second-order valence-electron chi connectivity index (χ2n) is 5.69. The van der Waals surface area contributed by atoms with Crippen LogP contribution >= 0.6 is 11.6 Å². The summed E-state index contributed by atoms with van der Waals surface area (Å²) in [7, 11) is 0. The largest absolute Gasteiger partial charge is 0.366 e. The quantitative estimate of drug-likeness (QED) is 0.523. The van der Waals surface area contributed by atoms with Crippen LogP contribution < -0.4 is 16.6 Å². The van der Waals surface area contributed by atoms with Gasteiger partial charge in [0.15, 0.2) is 5.82 Å². The van der Waals surface area contributed by atoms with Crippen LogP contribution in [-0.2, 0) is 6.42 Å². The normalized spacial score (nSPS) is 10.8. The van der Waals surface area contributed by atoms with Gasteiger partial charge in [-0.25, -0.2) is 15.8 Å². The van der Waals surface area contributed by atoms with Crippen molar-refractivity contribution in [2.45, 2.75) is 12.8 Å². The molecule has 4 N–H and O–H groups in total. The number of nitrogens with two attached hydrogens (primary N) is 2. The molecule has 1 heterocycles. The first-order chi connectivity index (χ1) is 12.1. The second-order valence-corrected chi connectivity index (χ2v) is 6.13. The third kappa shape index (κ3) is 3.87. The van der Waals surface area contributed by atoms with Gasteiger partial charge in [0.25, 0.3) is 5.91 Å². The van der Waals surface area contributed by atoms with E-state index in [1.54, 1.807) is 17.1 Å². The molecule has 0 saturated heterocycles. The molecule has 0 radical (unpaired) electrons. The van der Waals surface area contributed by atoms with Gasteiger partial charge in [-0.05, 0) is 42.7 Å². The summed E-state index contributed by atoms with van der Waals surface area (Å²) in [4.78, 5) is 20.0. The molecule has 7 heteroatoms. The molecule has 0 aliphatic carbocycles. The molecule has 25 heavy (non-hydrogen) atoms. The van der Waals surface area contributed by atoms with Crippen molar-refractivity contribution in [2.75, 3.05) is 11.6 Å². The first-order valence-electron chi connectivity index (χ1n) is 7.86. The van der Waals surface area contributed by atoms with E-state index in [4.69, 9.17) is 23.2 Å². The number of hydrazine groups is 1. The van der Waals surface area contributed by atoms with Gasteiger partial charge < -0.3 is 5.73 Å². The highest BCUT2D eigenvalue weighted by atomic mass is 35.5. The van der Waals surface area contributed by atoms with Crippen LogP contribution in [-0.4, -0.2) is 22.4 Å². The Balaban J connectivity index is 1.77. The van der Waals surface area contributed by atoms with Crippen LogP contribution in [0.1, 0.15) is 22.3 Å². The van der Waals surface area contributed by atoms with Crippen molar-refractivity contribution >= 4 is 34.2 Å². The summed E-state index contributed by atoms with van der Waals surface area (Å²) in [6.45, 7) is 0.597. The number of amides is 1. The number of primary amides is 1. The Kier molecular flexibility index (Phi) is 5.11. The monoisotopic (exact) mass is 355 g/mol. The summed E-state index contributed by atoms with van der Waals surface area (Å²) in [6.07, 6.45) is 3.07. The Labute approximate surface area is 150 Å². The molecular formula is C18H18ClN5O. The van der Waals surface area contributed by atoms with E-state index in [2.05, 4.69) is 9.97 Å². The summed E-state index contributed by atoms with van der Waals surface area (Å²) in [5.74, 6) is 6.22. The molecule has 0 saturated carbocycles. The number of nitrogens with zero attached hydrogens (tertiary/aromatic N) is 3. The lowest BCUT2D eigenvalue weighted by Gasteiger charge is -2.19. The van der Waals surface area contributed by atoms with Gasteiger partial charge in [-0.1, -0.05) is 29.8 Å². The topological polar surface area (TPSA) is 98.1 Å². The van der Waals surface area contributed by atoms with Crippen LogP contribution in [0, 0.1) is 0 Å². The summed E-state index contributed by atoms with van der Waals surface area (Å²) < 4.78 is 0. The lowest BCUT2D eigenvalue weighted by Crippen LogP contribution is -2.33. The fourth-order valence-electron chi connectivity index (χ4n) is 2.75. The van der Waals surface area contributed by atoms with Crippen molar-refractivity contribution in [1.29, 1.82) is 0 Å². The molecule has 0 spiro atoms. The maximum absolute atomic E-state index is 11.6. The minimum atomic E-state index is -0.528. The SMILES string of the molecule is NC(=O)c1cccc2c(N(N)CCCc3cccc(Cl)c3)ncnc12. The van der Waals surface area contributed by atoms with E-state index in [9.17, 15) is 4.79 Å². The van der Waals surface area contributed by atoms with Gasteiger partial charge in [-0.3, -0.25) is 9.80 Å². The number of para-hydroxylation sites is 1. The highest BCUT2D eigenvalue weighted by Crippen LogP contribution is 2.24. The van der Waals surface area contributed by atoms with Crippen LogP contribution in [0.15, 0.2) is 48.8 Å². The third-order valence-corrected chi connectivity index (χ3v) is 4.17. The smallest absolute Gasteiger partial charge is 0.250 e. The van der Waals surface area contributed by atoms with Gasteiger partial charge in [0.05, 0.1) is 11.1 Å². The van der Waals surface area contributed by atoms with E-state index >= 15 is 0 Å². The number of rotatable bonds is 6. The van der Waals surface area contributed by atoms with Crippen LogP contribution in [0.4, 0.5) is 5.82 Å². The van der Waals surface area contributed by atoms with E-state index in [1.807, 2.05) is 30.3 Å². The summed E-state index contributed by atoms with van der Waals surface area (Å²) in [6, 6.07) is 13.0. The molecule has 1 aromatic heterocycles. The van der Waals surface area contributed by atoms with E-state index in [1.165, 1.54) is 6.33 Å². The number of benzene rings is 2. The lowest BCUT2D eigenvalue weighted by molar-refractivity contribution is 0.100. The Morgan fingerprint density at radius 3 is 2.72 bits per heavy atom. The zero-order chi connectivity index (χ0) is 17.8. The third-order valence-electron chi connectivity index (χ3n) is 3.93. The van der Waals surface area contributed by atoms with Crippen molar-refractivity contribution in [2.24, 2.45) is 11.6 Å². The molecule has 0 fully saturated rings. The zero-order valence-electron chi connectivity index (χ0n) is 13.5. The van der Waals surface area contributed by atoms with Gasteiger partial charge in [-0.15, -0.1) is 0 Å². The maximum Gasteiger partial charge on any atom is 0.250 e. The Morgan fingerprint density at radius 2 is 1.96 bits per heavy atom. The number of carbonyl (C=O) groups is 1. The number of aryl methyl sites for hydroxylation is 1. The van der Waals surface area contributed by atoms with E-state index in [0.717, 1.165) is 23.4 Å². The van der Waals surface area contributed by atoms with Gasteiger partial charge in [0, 0.05) is 17.0 Å². The van der Waals surface area contributed by atoms with Crippen LogP contribution in [0.25, 0.3) is 10.9 Å². The Hall–Kier alpha value is -2.70. The maximum atomic E-state index is 11.6. The minimum Gasteiger partial charge on any atom is -0.366 e. The molecular weight excluding hydrogens is 338 g/mol. The van der Waals surface area contributed by atoms with Crippen molar-refractivity contribution < 1.29 is 4.79 Å². The fourth-order valence-corrected chi connectivity index (χ4v) is 2.97. The predicted octanol–water partition coefficient (Wildman–Crippen LogP) is 2.70. The zero-order valence-corrected chi connectivity index (χ0v) is 14.3. The summed E-state index contributed by atoms with van der Waals surface area (Å²) in [5, 5.41) is 2.99. The number of fused-ring (bicyclic) bond motifs is 1. The molecule has 0 aliphatic heterocycles. The molecule has 0 unspecified atom stereocenters. The molecule has 6 nitrogen and oxygen atoms in total.